The van der Waals surface area contributed by atoms with Crippen LogP contribution in [0.25, 0.3) is 32.1 Å². The molecule has 268 valence electrons. The van der Waals surface area contributed by atoms with Gasteiger partial charge in [-0.25, -0.2) is 13.2 Å². The molecule has 4 atom stereocenters. The van der Waals surface area contributed by atoms with Gasteiger partial charge in [0.25, 0.3) is 0 Å². The van der Waals surface area contributed by atoms with E-state index in [2.05, 4.69) is 16.5 Å². The van der Waals surface area contributed by atoms with Gasteiger partial charge in [-0.3, -0.25) is 9.69 Å². The van der Waals surface area contributed by atoms with Gasteiger partial charge in [0.05, 0.1) is 21.4 Å². The van der Waals surface area contributed by atoms with Crippen molar-refractivity contribution >= 4 is 49.1 Å². The average Bonchev–Trinajstić information content (AvgIpc) is 3.73. The van der Waals surface area contributed by atoms with Crippen LogP contribution in [0.5, 0.6) is 6.01 Å². The Labute approximate surface area is 292 Å². The molecule has 4 aromatic rings. The van der Waals surface area contributed by atoms with Crippen LogP contribution in [-0.4, -0.2) is 82.3 Å². The molecule has 0 bridgehead atoms. The summed E-state index contributed by atoms with van der Waals surface area (Å²) in [5.74, 6) is -2.59. The number of hydrogen-bond donors (Lipinski definition) is 1. The number of carbonyl (C=O) groups excluding carboxylic acids is 1. The molecule has 0 saturated carbocycles. The first-order valence-corrected chi connectivity index (χ1v) is 17.2. The van der Waals surface area contributed by atoms with E-state index in [1.54, 1.807) is 23.6 Å². The van der Waals surface area contributed by atoms with Gasteiger partial charge < -0.3 is 20.3 Å². The minimum atomic E-state index is -5.13. The third-order valence-electron chi connectivity index (χ3n) is 10.3. The van der Waals surface area contributed by atoms with Crippen molar-refractivity contribution in [3.8, 4) is 23.2 Å². The molecule has 7 rings (SSSR count). The third kappa shape index (κ3) is 5.70. The molecule has 2 N–H and O–H groups in total. The number of aromatic nitrogens is 2. The highest BCUT2D eigenvalue weighted by Crippen LogP contribution is 2.48. The van der Waals surface area contributed by atoms with E-state index >= 15 is 17.6 Å². The van der Waals surface area contributed by atoms with E-state index < -0.39 is 58.2 Å². The van der Waals surface area contributed by atoms with Gasteiger partial charge in [0.15, 0.2) is 5.82 Å². The zero-order valence-corrected chi connectivity index (χ0v) is 28.5. The van der Waals surface area contributed by atoms with Gasteiger partial charge >= 0.3 is 12.2 Å². The first-order valence-electron chi connectivity index (χ1n) is 16.4. The molecular weight excluding hydrogens is 696 g/mol. The van der Waals surface area contributed by atoms with Gasteiger partial charge in [0.2, 0.25) is 5.91 Å². The van der Waals surface area contributed by atoms with Gasteiger partial charge in [-0.1, -0.05) is 12.6 Å². The summed E-state index contributed by atoms with van der Waals surface area (Å²) < 4.78 is 97.7. The lowest BCUT2D eigenvalue weighted by molar-refractivity contribution is -0.137. The number of benzene rings is 2. The monoisotopic (exact) mass is 729 g/mol. The number of nitrogens with two attached hydrogens (primary N) is 1. The van der Waals surface area contributed by atoms with Crippen LogP contribution in [0, 0.1) is 23.0 Å². The number of thiophene rings is 1. The number of alkyl halides is 4. The molecule has 2 aromatic heterocycles. The Bertz CT molecular complexity index is 2130. The number of nitrogen functional groups attached to an aromatic ring is 1. The number of anilines is 2. The molecule has 5 heterocycles. The maximum atomic E-state index is 17.1. The van der Waals surface area contributed by atoms with Crippen LogP contribution in [0.2, 0.25) is 0 Å². The predicted octanol–water partition coefficient (Wildman–Crippen LogP) is 6.83. The zero-order chi connectivity index (χ0) is 36.6. The van der Waals surface area contributed by atoms with Crippen molar-refractivity contribution in [3.05, 3.63) is 53.6 Å². The van der Waals surface area contributed by atoms with E-state index in [1.807, 2.05) is 11.0 Å². The van der Waals surface area contributed by atoms with E-state index in [0.717, 1.165) is 24.6 Å². The third-order valence-corrected chi connectivity index (χ3v) is 11.4. The highest BCUT2D eigenvalue weighted by Gasteiger charge is 2.49. The second-order valence-electron chi connectivity index (χ2n) is 13.5. The van der Waals surface area contributed by atoms with Crippen molar-refractivity contribution in [1.82, 2.24) is 19.8 Å². The van der Waals surface area contributed by atoms with Crippen LogP contribution in [-0.2, 0) is 11.0 Å². The molecule has 16 heteroatoms. The normalized spacial score (nSPS) is 23.9. The van der Waals surface area contributed by atoms with Crippen molar-refractivity contribution in [1.29, 1.82) is 5.26 Å². The van der Waals surface area contributed by atoms with Gasteiger partial charge in [0, 0.05) is 54.5 Å². The first-order chi connectivity index (χ1) is 24.2. The minimum Gasteiger partial charge on any atom is -0.461 e. The molecule has 0 aliphatic carbocycles. The molecule has 0 radical (unpaired) electrons. The summed E-state index contributed by atoms with van der Waals surface area (Å²) in [5, 5.41) is 9.19. The lowest BCUT2D eigenvalue weighted by atomic mass is 9.92. The highest BCUT2D eigenvalue weighted by molar-refractivity contribution is 7.23. The maximum Gasteiger partial charge on any atom is 0.417 e. The van der Waals surface area contributed by atoms with Crippen LogP contribution in [0.15, 0.2) is 30.9 Å². The Morgan fingerprint density at radius 2 is 1.98 bits per heavy atom. The van der Waals surface area contributed by atoms with Crippen LogP contribution < -0.4 is 15.4 Å². The maximum absolute atomic E-state index is 17.1. The van der Waals surface area contributed by atoms with Gasteiger partial charge in [-0.05, 0) is 57.0 Å². The number of carbonyl (C=O) groups is 1. The fourth-order valence-electron chi connectivity index (χ4n) is 7.96. The summed E-state index contributed by atoms with van der Waals surface area (Å²) in [6.45, 7) is 8.27. The quantitative estimate of drug-likeness (QED) is 0.170. The minimum absolute atomic E-state index is 0.0284. The topological polar surface area (TPSA) is 112 Å². The first kappa shape index (κ1) is 34.8. The fraction of sp³-hybridized carbons (Fsp3) is 0.429. The lowest BCUT2D eigenvalue weighted by Gasteiger charge is -2.44. The second kappa shape index (κ2) is 12.6. The predicted molar refractivity (Wildman–Crippen MR) is 181 cm³/mol. The Morgan fingerprint density at radius 3 is 2.69 bits per heavy atom. The zero-order valence-electron chi connectivity index (χ0n) is 27.7. The Kier molecular flexibility index (Phi) is 8.57. The molecular formula is C35H33F6N7O2S. The Hall–Kier alpha value is -4.62. The van der Waals surface area contributed by atoms with Gasteiger partial charge in [0.1, 0.15) is 41.0 Å². The molecule has 1 amide bonds. The molecule has 2 aromatic carbocycles. The van der Waals surface area contributed by atoms with Crippen molar-refractivity contribution in [2.45, 2.75) is 63.1 Å². The standard InChI is InChI=1S/C35H33F6N7O2S/c1-4-25(49)47-13-18(3)48(14-17(47)2)32-21-10-23(35(39,40)41)27(20-6-7-24(37)30-26(20)22(12-42)31(43)51-30)28(38)29(21)44-33(45-32)50-16-34-8-5-9-46(34)15-19(36)11-34/h4,6-7,10,17-19H,1,5,8-9,11,13-16,43H2,2-3H3/t17-,18+,19-,34+/m1/s1. The van der Waals surface area contributed by atoms with Crippen LogP contribution >= 0.6 is 11.3 Å². The molecule has 9 nitrogen and oxygen atoms in total. The van der Waals surface area contributed by atoms with E-state index in [0.29, 0.717) is 24.3 Å². The molecule has 51 heavy (non-hydrogen) atoms. The molecule has 3 fully saturated rings. The number of rotatable bonds is 6. The van der Waals surface area contributed by atoms with Crippen molar-refractivity contribution in [2.24, 2.45) is 0 Å². The van der Waals surface area contributed by atoms with Gasteiger partial charge in [-0.15, -0.1) is 11.3 Å². The number of fused-ring (bicyclic) bond motifs is 3. The van der Waals surface area contributed by atoms with E-state index in [1.165, 1.54) is 6.08 Å². The van der Waals surface area contributed by atoms with Crippen LogP contribution in [0.1, 0.15) is 44.2 Å². The molecule has 3 saturated heterocycles. The molecule has 0 unspecified atom stereocenters. The number of piperazine rings is 1. The number of halogens is 6. The number of nitrogens with zero attached hydrogens (tertiary/aromatic N) is 6. The van der Waals surface area contributed by atoms with Crippen molar-refractivity contribution in [3.63, 3.8) is 0 Å². The average molecular weight is 730 g/mol. The smallest absolute Gasteiger partial charge is 0.417 e. The summed E-state index contributed by atoms with van der Waals surface area (Å²) >= 11 is 0.675. The SMILES string of the molecule is C=CC(=O)N1C[C@H](C)N(c2nc(OC[C@@]34CCCN3C[C@H](F)C4)nc3c(F)c(-c4ccc(F)c5sc(N)c(C#N)c45)c(C(F)(F)F)cc23)C[C@H]1C. The summed E-state index contributed by atoms with van der Waals surface area (Å²) in [5.41, 5.74) is 1.83. The second-order valence-corrected chi connectivity index (χ2v) is 14.6. The van der Waals surface area contributed by atoms with Crippen LogP contribution in [0.4, 0.5) is 37.2 Å². The van der Waals surface area contributed by atoms with E-state index in [9.17, 15) is 18.8 Å². The Morgan fingerprint density at radius 1 is 1.22 bits per heavy atom. The number of hydrogen-bond acceptors (Lipinski definition) is 9. The van der Waals surface area contributed by atoms with E-state index in [-0.39, 0.29) is 82.0 Å². The number of nitriles is 1. The summed E-state index contributed by atoms with van der Waals surface area (Å²) in [6.07, 6.45) is -3.31. The fourth-order valence-corrected chi connectivity index (χ4v) is 8.91. The molecule has 3 aliphatic heterocycles. The highest BCUT2D eigenvalue weighted by atomic mass is 32.1. The molecule has 3 aliphatic rings. The summed E-state index contributed by atoms with van der Waals surface area (Å²) in [6, 6.07) is 3.21. The molecule has 0 spiro atoms. The Balaban J connectivity index is 1.46. The number of ether oxygens (including phenoxy) is 1. The van der Waals surface area contributed by atoms with E-state index in [4.69, 9.17) is 10.5 Å². The summed E-state index contributed by atoms with van der Waals surface area (Å²) in [4.78, 5) is 26.7. The lowest BCUT2D eigenvalue weighted by Crippen LogP contribution is -2.58. The van der Waals surface area contributed by atoms with Crippen molar-refractivity contribution in [2.75, 3.05) is 43.4 Å². The number of amides is 1. The van der Waals surface area contributed by atoms with Gasteiger partial charge in [-0.2, -0.15) is 28.4 Å². The van der Waals surface area contributed by atoms with Crippen molar-refractivity contribution < 1.29 is 35.9 Å². The summed E-state index contributed by atoms with van der Waals surface area (Å²) in [7, 11) is 0. The van der Waals surface area contributed by atoms with Crippen LogP contribution in [0.3, 0.4) is 0 Å². The largest absolute Gasteiger partial charge is 0.461 e.